The maximum atomic E-state index is 9.90. The molecule has 0 atom stereocenters. The monoisotopic (exact) mass is 437 g/mol. The molecule has 4 rings (SSSR count). The van der Waals surface area contributed by atoms with Crippen molar-refractivity contribution in [3.05, 3.63) is 88.7 Å². The van der Waals surface area contributed by atoms with Gasteiger partial charge < -0.3 is 14.0 Å². The first-order valence-corrected chi connectivity index (χ1v) is 11.0. The molecule has 3 aromatic carbocycles. The van der Waals surface area contributed by atoms with E-state index in [4.69, 9.17) is 14.5 Å². The molecule has 0 aliphatic carbocycles. The molecule has 0 saturated heterocycles. The second-order valence-electron chi connectivity index (χ2n) is 7.97. The lowest BCUT2D eigenvalue weighted by Gasteiger charge is -2.13. The van der Waals surface area contributed by atoms with Gasteiger partial charge in [-0.25, -0.2) is 4.98 Å². The molecule has 0 aliphatic rings. The highest BCUT2D eigenvalue weighted by molar-refractivity contribution is 5.91. The first-order chi connectivity index (χ1) is 16.0. The molecule has 4 aromatic rings. The number of aryl methyl sites for hydroxylation is 3. The molecule has 0 spiro atoms. The molecule has 0 amide bonds. The van der Waals surface area contributed by atoms with Crippen molar-refractivity contribution >= 4 is 22.7 Å². The van der Waals surface area contributed by atoms with Gasteiger partial charge in [0.15, 0.2) is 17.3 Å². The predicted octanol–water partition coefficient (Wildman–Crippen LogP) is 6.32. The van der Waals surface area contributed by atoms with E-state index in [1.807, 2.05) is 48.5 Å². The maximum Gasteiger partial charge on any atom is 0.161 e. The zero-order valence-corrected chi connectivity index (χ0v) is 19.4. The third-order valence-corrected chi connectivity index (χ3v) is 5.72. The molecule has 0 saturated carbocycles. The van der Waals surface area contributed by atoms with Crippen LogP contribution in [0.5, 0.6) is 11.5 Å². The molecule has 0 radical (unpaired) electrons. The van der Waals surface area contributed by atoms with Crippen molar-refractivity contribution in [3.8, 4) is 17.6 Å². The highest BCUT2D eigenvalue weighted by Gasteiger charge is 2.14. The molecule has 33 heavy (non-hydrogen) atoms. The summed E-state index contributed by atoms with van der Waals surface area (Å²) < 4.78 is 13.7. The Morgan fingerprint density at radius 2 is 1.88 bits per heavy atom. The molecule has 0 unspecified atom stereocenters. The summed E-state index contributed by atoms with van der Waals surface area (Å²) in [5.41, 5.74) is 6.78. The van der Waals surface area contributed by atoms with E-state index in [2.05, 4.69) is 49.6 Å². The number of para-hydroxylation sites is 2. The molecule has 5 heteroatoms. The van der Waals surface area contributed by atoms with E-state index in [9.17, 15) is 5.26 Å². The van der Waals surface area contributed by atoms with Gasteiger partial charge in [-0.1, -0.05) is 42.0 Å². The topological polar surface area (TPSA) is 60.1 Å². The summed E-state index contributed by atoms with van der Waals surface area (Å²) in [4.78, 5) is 4.71. The van der Waals surface area contributed by atoms with Crippen molar-refractivity contribution < 1.29 is 9.47 Å². The maximum absolute atomic E-state index is 9.90. The van der Waals surface area contributed by atoms with Crippen LogP contribution < -0.4 is 9.47 Å². The Kier molecular flexibility index (Phi) is 6.46. The molecule has 0 fully saturated rings. The molecular formula is C28H27N3O2. The summed E-state index contributed by atoms with van der Waals surface area (Å²) >= 11 is 0. The predicted molar refractivity (Wildman–Crippen MR) is 132 cm³/mol. The van der Waals surface area contributed by atoms with Crippen molar-refractivity contribution in [2.24, 2.45) is 0 Å². The van der Waals surface area contributed by atoms with Crippen LogP contribution in [0, 0.1) is 25.2 Å². The van der Waals surface area contributed by atoms with Crippen LogP contribution in [-0.2, 0) is 13.2 Å². The number of ether oxygens (including phenoxy) is 2. The molecular weight excluding hydrogens is 410 g/mol. The van der Waals surface area contributed by atoms with Crippen molar-refractivity contribution in [1.82, 2.24) is 9.55 Å². The minimum atomic E-state index is 0.461. The normalized spacial score (nSPS) is 11.4. The van der Waals surface area contributed by atoms with E-state index >= 15 is 0 Å². The van der Waals surface area contributed by atoms with Gasteiger partial charge in [-0.2, -0.15) is 5.26 Å². The Hall–Kier alpha value is -4.04. The number of allylic oxidation sites excluding steroid dienone is 1. The van der Waals surface area contributed by atoms with Crippen molar-refractivity contribution in [1.29, 1.82) is 5.26 Å². The van der Waals surface area contributed by atoms with Gasteiger partial charge in [0.2, 0.25) is 0 Å². The van der Waals surface area contributed by atoms with Crippen LogP contribution in [0.3, 0.4) is 0 Å². The number of aromatic nitrogens is 2. The minimum Gasteiger partial charge on any atom is -0.493 e. The Morgan fingerprint density at radius 1 is 1.06 bits per heavy atom. The van der Waals surface area contributed by atoms with Crippen LogP contribution in [0.15, 0.2) is 60.7 Å². The van der Waals surface area contributed by atoms with E-state index in [0.717, 1.165) is 28.7 Å². The molecule has 1 heterocycles. The highest BCUT2D eigenvalue weighted by atomic mass is 16.5. The summed E-state index contributed by atoms with van der Waals surface area (Å²) in [6.45, 7) is 7.39. The van der Waals surface area contributed by atoms with E-state index < -0.39 is 0 Å². The number of hydrogen-bond donors (Lipinski definition) is 0. The molecule has 0 aliphatic heterocycles. The fourth-order valence-corrected chi connectivity index (χ4v) is 3.92. The summed E-state index contributed by atoms with van der Waals surface area (Å²) in [6, 6.07) is 22.3. The smallest absolute Gasteiger partial charge is 0.161 e. The van der Waals surface area contributed by atoms with Gasteiger partial charge >= 0.3 is 0 Å². The Balaban J connectivity index is 1.64. The Labute approximate surface area is 194 Å². The first-order valence-electron chi connectivity index (χ1n) is 11.0. The van der Waals surface area contributed by atoms with Crippen LogP contribution in [0.1, 0.15) is 35.0 Å². The van der Waals surface area contributed by atoms with Crippen LogP contribution in [0.4, 0.5) is 0 Å². The van der Waals surface area contributed by atoms with Crippen LogP contribution in [0.2, 0.25) is 0 Å². The average molecular weight is 438 g/mol. The summed E-state index contributed by atoms with van der Waals surface area (Å²) in [5, 5.41) is 9.90. The number of hydrogen-bond acceptors (Lipinski definition) is 4. The van der Waals surface area contributed by atoms with Gasteiger partial charge in [0.25, 0.3) is 0 Å². The first kappa shape index (κ1) is 22.2. The fourth-order valence-electron chi connectivity index (χ4n) is 3.92. The summed E-state index contributed by atoms with van der Waals surface area (Å²) in [6.07, 6.45) is 1.84. The Morgan fingerprint density at radius 3 is 2.64 bits per heavy atom. The zero-order chi connectivity index (χ0) is 23.4. The van der Waals surface area contributed by atoms with Crippen molar-refractivity contribution in [3.63, 3.8) is 0 Å². The Bertz CT molecular complexity index is 1380. The fraction of sp³-hybridized carbons (Fsp3) is 0.214. The largest absolute Gasteiger partial charge is 0.493 e. The molecule has 0 N–H and O–H groups in total. The second-order valence-corrected chi connectivity index (χ2v) is 7.97. The van der Waals surface area contributed by atoms with E-state index in [-0.39, 0.29) is 0 Å². The van der Waals surface area contributed by atoms with Crippen molar-refractivity contribution in [2.45, 2.75) is 33.9 Å². The third kappa shape index (κ3) is 4.61. The SMILES string of the molecule is CCn1c(/C(C#N)=C\c2ccc(OCc3cc(C)ccc3C)c(OC)c2)nc2ccccc21. The lowest BCUT2D eigenvalue weighted by molar-refractivity contribution is 0.284. The number of rotatable bonds is 7. The zero-order valence-electron chi connectivity index (χ0n) is 19.4. The van der Waals surface area contributed by atoms with E-state index in [0.29, 0.717) is 29.5 Å². The van der Waals surface area contributed by atoms with Gasteiger partial charge in [0.05, 0.1) is 23.7 Å². The van der Waals surface area contributed by atoms with Gasteiger partial charge in [0.1, 0.15) is 12.7 Å². The highest BCUT2D eigenvalue weighted by Crippen LogP contribution is 2.31. The summed E-state index contributed by atoms with van der Waals surface area (Å²) in [5.74, 6) is 1.95. The van der Waals surface area contributed by atoms with E-state index in [1.165, 1.54) is 11.1 Å². The third-order valence-electron chi connectivity index (χ3n) is 5.72. The van der Waals surface area contributed by atoms with Gasteiger partial charge in [-0.05, 0) is 67.8 Å². The lowest BCUT2D eigenvalue weighted by atomic mass is 10.1. The van der Waals surface area contributed by atoms with Gasteiger partial charge in [-0.3, -0.25) is 0 Å². The minimum absolute atomic E-state index is 0.461. The van der Waals surface area contributed by atoms with Gasteiger partial charge in [-0.15, -0.1) is 0 Å². The van der Waals surface area contributed by atoms with Crippen LogP contribution in [0.25, 0.3) is 22.7 Å². The number of fused-ring (bicyclic) bond motifs is 1. The van der Waals surface area contributed by atoms with Crippen molar-refractivity contribution in [2.75, 3.05) is 7.11 Å². The molecule has 1 aromatic heterocycles. The average Bonchev–Trinajstić information content (AvgIpc) is 3.21. The molecule has 0 bridgehead atoms. The lowest BCUT2D eigenvalue weighted by Crippen LogP contribution is -2.01. The number of benzene rings is 3. The number of methoxy groups -OCH3 is 1. The standard InChI is InChI=1S/C28H27N3O2/c1-5-31-25-9-7-6-8-24(25)30-28(31)22(17-29)15-21-12-13-26(27(16-21)32-4)33-18-23-14-19(2)10-11-20(23)3/h6-16H,5,18H2,1-4H3/b22-15-. The van der Waals surface area contributed by atoms with Crippen LogP contribution in [-0.4, -0.2) is 16.7 Å². The quantitative estimate of drug-likeness (QED) is 0.317. The summed E-state index contributed by atoms with van der Waals surface area (Å²) in [7, 11) is 1.62. The molecule has 166 valence electrons. The van der Waals surface area contributed by atoms with Crippen LogP contribution >= 0.6 is 0 Å². The molecule has 5 nitrogen and oxygen atoms in total. The number of nitrogens with zero attached hydrogens (tertiary/aromatic N) is 3. The number of imidazole rings is 1. The van der Waals surface area contributed by atoms with E-state index in [1.54, 1.807) is 7.11 Å². The van der Waals surface area contributed by atoms with Gasteiger partial charge in [0, 0.05) is 6.54 Å². The number of nitriles is 1. The second kappa shape index (κ2) is 9.62.